The third-order valence-electron chi connectivity index (χ3n) is 5.88. The zero-order valence-corrected chi connectivity index (χ0v) is 18.7. The molecule has 35 heavy (non-hydrogen) atoms. The van der Waals surface area contributed by atoms with Crippen LogP contribution in [0.3, 0.4) is 0 Å². The number of hydrogen-bond donors (Lipinski definition) is 3. The molecule has 0 spiro atoms. The highest BCUT2D eigenvalue weighted by Gasteiger charge is 2.25. The normalized spacial score (nSPS) is 17.3. The number of pyridine rings is 1. The molecule has 2 amide bonds. The number of nitrogens with one attached hydrogen (secondary N) is 2. The molecule has 0 aliphatic heterocycles. The average Bonchev–Trinajstić information content (AvgIpc) is 2.86. The molecule has 180 valence electrons. The summed E-state index contributed by atoms with van der Waals surface area (Å²) >= 11 is 0. The predicted octanol–water partition coefficient (Wildman–Crippen LogP) is 4.80. The van der Waals surface area contributed by atoms with Crippen LogP contribution in [-0.4, -0.2) is 40.5 Å². The number of amides is 2. The molecule has 0 atom stereocenters. The number of carbonyl (C=O) groups is 3. The van der Waals surface area contributed by atoms with Crippen molar-refractivity contribution in [1.82, 2.24) is 15.6 Å². The Kier molecular flexibility index (Phi) is 7.35. The summed E-state index contributed by atoms with van der Waals surface area (Å²) in [6.07, 6.45) is 3.09. The van der Waals surface area contributed by atoms with E-state index >= 15 is 0 Å². The van der Waals surface area contributed by atoms with Gasteiger partial charge in [0, 0.05) is 17.6 Å². The maximum absolute atomic E-state index is 14.0. The Labute approximate surface area is 201 Å². The van der Waals surface area contributed by atoms with Gasteiger partial charge in [0.1, 0.15) is 23.4 Å². The number of hydrogen-bond acceptors (Lipinski definition) is 5. The Hall–Kier alpha value is -4.27. The number of ether oxygens (including phenoxy) is 1. The number of rotatable bonds is 7. The molecule has 4 rings (SSSR count). The molecule has 3 aromatic rings. The molecule has 1 aliphatic rings. The van der Waals surface area contributed by atoms with E-state index in [1.165, 1.54) is 0 Å². The lowest BCUT2D eigenvalue weighted by Crippen LogP contribution is -2.43. The number of carbonyl (C=O) groups excluding carboxylic acids is 2. The summed E-state index contributed by atoms with van der Waals surface area (Å²) < 4.78 is 19.8. The lowest BCUT2D eigenvalue weighted by molar-refractivity contribution is 0.0919. The fourth-order valence-electron chi connectivity index (χ4n) is 4.10. The minimum Gasteiger partial charge on any atom is -0.465 e. The van der Waals surface area contributed by atoms with Crippen LogP contribution in [-0.2, 0) is 0 Å². The molecule has 1 saturated carbocycles. The van der Waals surface area contributed by atoms with E-state index in [1.807, 2.05) is 18.2 Å². The molecule has 9 heteroatoms. The van der Waals surface area contributed by atoms with E-state index in [0.29, 0.717) is 37.0 Å². The van der Waals surface area contributed by atoms with Crippen molar-refractivity contribution in [3.63, 3.8) is 0 Å². The number of aromatic nitrogens is 1. The van der Waals surface area contributed by atoms with E-state index in [2.05, 4.69) is 15.6 Å². The zero-order chi connectivity index (χ0) is 24.8. The van der Waals surface area contributed by atoms with Crippen molar-refractivity contribution in [3.8, 4) is 22.8 Å². The van der Waals surface area contributed by atoms with Crippen molar-refractivity contribution in [2.45, 2.75) is 37.8 Å². The largest absolute Gasteiger partial charge is 0.465 e. The molecule has 0 bridgehead atoms. The highest BCUT2D eigenvalue weighted by Crippen LogP contribution is 2.29. The number of halogens is 1. The van der Waals surface area contributed by atoms with E-state index < -0.39 is 17.8 Å². The van der Waals surface area contributed by atoms with Gasteiger partial charge in [0.25, 0.3) is 5.91 Å². The molecule has 0 radical (unpaired) electrons. The summed E-state index contributed by atoms with van der Waals surface area (Å²) in [5, 5.41) is 14.2. The SMILES string of the molecule is O=Cc1ccc(-c2cccc(Oc3ncc(F)cc3C(=O)NC3CCC(NC(=O)O)CC3)c2)cc1. The van der Waals surface area contributed by atoms with Crippen LogP contribution >= 0.6 is 0 Å². The molecule has 1 fully saturated rings. The highest BCUT2D eigenvalue weighted by molar-refractivity contribution is 5.96. The van der Waals surface area contributed by atoms with Gasteiger partial charge in [0.05, 0.1) is 6.20 Å². The van der Waals surface area contributed by atoms with Gasteiger partial charge < -0.3 is 20.5 Å². The van der Waals surface area contributed by atoms with Crippen LogP contribution in [0.15, 0.2) is 60.8 Å². The molecule has 2 aromatic carbocycles. The van der Waals surface area contributed by atoms with Crippen LogP contribution < -0.4 is 15.4 Å². The van der Waals surface area contributed by atoms with Crippen LogP contribution in [0.1, 0.15) is 46.4 Å². The van der Waals surface area contributed by atoms with Gasteiger partial charge in [-0.15, -0.1) is 0 Å². The number of nitrogens with zero attached hydrogens (tertiary/aromatic N) is 1. The maximum Gasteiger partial charge on any atom is 0.404 e. The highest BCUT2D eigenvalue weighted by atomic mass is 19.1. The second-order valence-electron chi connectivity index (χ2n) is 8.35. The predicted molar refractivity (Wildman–Crippen MR) is 126 cm³/mol. The summed E-state index contributed by atoms with van der Waals surface area (Å²) in [6, 6.07) is 15.0. The monoisotopic (exact) mass is 477 g/mol. The van der Waals surface area contributed by atoms with Crippen molar-refractivity contribution in [2.75, 3.05) is 0 Å². The Balaban J connectivity index is 1.47. The number of carboxylic acid groups (broad SMARTS) is 1. The minimum atomic E-state index is -1.06. The van der Waals surface area contributed by atoms with Crippen molar-refractivity contribution in [3.05, 3.63) is 77.7 Å². The molecular weight excluding hydrogens is 453 g/mol. The Morgan fingerprint density at radius 2 is 1.66 bits per heavy atom. The number of aldehydes is 1. The third-order valence-corrected chi connectivity index (χ3v) is 5.88. The summed E-state index contributed by atoms with van der Waals surface area (Å²) in [4.78, 5) is 38.6. The third kappa shape index (κ3) is 6.20. The second-order valence-corrected chi connectivity index (χ2v) is 8.35. The quantitative estimate of drug-likeness (QED) is 0.421. The van der Waals surface area contributed by atoms with Gasteiger partial charge in [-0.3, -0.25) is 9.59 Å². The van der Waals surface area contributed by atoms with Gasteiger partial charge in [-0.05, 0) is 55.0 Å². The summed E-state index contributed by atoms with van der Waals surface area (Å²) in [6.45, 7) is 0. The van der Waals surface area contributed by atoms with Crippen LogP contribution in [0.2, 0.25) is 0 Å². The van der Waals surface area contributed by atoms with Crippen molar-refractivity contribution in [1.29, 1.82) is 0 Å². The fourth-order valence-corrected chi connectivity index (χ4v) is 4.10. The smallest absolute Gasteiger partial charge is 0.404 e. The first-order chi connectivity index (χ1) is 16.9. The van der Waals surface area contributed by atoms with E-state index in [0.717, 1.165) is 29.7 Å². The Morgan fingerprint density at radius 1 is 0.971 bits per heavy atom. The molecular formula is C26H24FN3O5. The molecule has 3 N–H and O–H groups in total. The van der Waals surface area contributed by atoms with Crippen LogP contribution in [0.4, 0.5) is 9.18 Å². The minimum absolute atomic E-state index is 0.0291. The van der Waals surface area contributed by atoms with Crippen molar-refractivity contribution in [2.24, 2.45) is 0 Å². The van der Waals surface area contributed by atoms with Gasteiger partial charge >= 0.3 is 6.09 Å². The topological polar surface area (TPSA) is 118 Å². The van der Waals surface area contributed by atoms with Gasteiger partial charge in [0.15, 0.2) is 0 Å². The first-order valence-corrected chi connectivity index (χ1v) is 11.2. The van der Waals surface area contributed by atoms with Crippen molar-refractivity contribution >= 4 is 18.3 Å². The Morgan fingerprint density at radius 3 is 2.31 bits per heavy atom. The lowest BCUT2D eigenvalue weighted by atomic mass is 9.91. The first-order valence-electron chi connectivity index (χ1n) is 11.2. The molecule has 1 heterocycles. The van der Waals surface area contributed by atoms with E-state index in [1.54, 1.807) is 30.3 Å². The van der Waals surface area contributed by atoms with E-state index in [9.17, 15) is 18.8 Å². The number of benzene rings is 2. The van der Waals surface area contributed by atoms with Gasteiger partial charge in [0.2, 0.25) is 5.88 Å². The zero-order valence-electron chi connectivity index (χ0n) is 18.7. The maximum atomic E-state index is 14.0. The van der Waals surface area contributed by atoms with E-state index in [4.69, 9.17) is 9.84 Å². The molecule has 1 aliphatic carbocycles. The van der Waals surface area contributed by atoms with Crippen LogP contribution in [0.5, 0.6) is 11.6 Å². The standard InChI is InChI=1S/C26H24FN3O5/c27-19-13-23(24(32)29-20-8-10-21(11-9-20)30-26(33)34)25(28-14-19)35-22-3-1-2-18(12-22)17-6-4-16(15-31)5-7-17/h1-7,12-15,20-21,30H,8-11H2,(H,29,32)(H,33,34). The molecule has 0 saturated heterocycles. The Bertz CT molecular complexity index is 1220. The van der Waals surface area contributed by atoms with Gasteiger partial charge in [-0.25, -0.2) is 14.2 Å². The molecule has 0 unspecified atom stereocenters. The second kappa shape index (κ2) is 10.8. The summed E-state index contributed by atoms with van der Waals surface area (Å²) in [5.74, 6) is -0.794. The average molecular weight is 477 g/mol. The first kappa shape index (κ1) is 23.9. The van der Waals surface area contributed by atoms with E-state index in [-0.39, 0.29) is 23.5 Å². The van der Waals surface area contributed by atoms with Crippen molar-refractivity contribution < 1.29 is 28.6 Å². The summed E-state index contributed by atoms with van der Waals surface area (Å²) in [7, 11) is 0. The molecule has 8 nitrogen and oxygen atoms in total. The lowest BCUT2D eigenvalue weighted by Gasteiger charge is -2.29. The molecule has 1 aromatic heterocycles. The van der Waals surface area contributed by atoms with Gasteiger partial charge in [-0.2, -0.15) is 0 Å². The van der Waals surface area contributed by atoms with Crippen LogP contribution in [0.25, 0.3) is 11.1 Å². The van der Waals surface area contributed by atoms with Gasteiger partial charge in [-0.1, -0.05) is 36.4 Å². The summed E-state index contributed by atoms with van der Waals surface area (Å²) in [5.41, 5.74) is 2.24. The van der Waals surface area contributed by atoms with Crippen LogP contribution in [0, 0.1) is 5.82 Å². The fraction of sp³-hybridized carbons (Fsp3) is 0.231.